The van der Waals surface area contributed by atoms with E-state index in [0.717, 1.165) is 0 Å². The average molecular weight is 227 g/mol. The SMILES string of the molecule is NC(=O)NC(=O)Cn1ccnc1C(N)=S. The Morgan fingerprint density at radius 3 is 2.73 bits per heavy atom. The first-order chi connectivity index (χ1) is 7.00. The fourth-order valence-electron chi connectivity index (χ4n) is 0.994. The van der Waals surface area contributed by atoms with Gasteiger partial charge in [0.25, 0.3) is 0 Å². The van der Waals surface area contributed by atoms with Crippen LogP contribution in [0.4, 0.5) is 4.79 Å². The molecule has 1 aromatic rings. The summed E-state index contributed by atoms with van der Waals surface area (Å²) in [5.41, 5.74) is 10.1. The number of amides is 3. The number of rotatable bonds is 3. The largest absolute Gasteiger partial charge is 0.387 e. The molecule has 0 fully saturated rings. The smallest absolute Gasteiger partial charge is 0.318 e. The first kappa shape index (κ1) is 11.1. The second-order valence-electron chi connectivity index (χ2n) is 2.66. The highest BCUT2D eigenvalue weighted by Gasteiger charge is 2.10. The maximum absolute atomic E-state index is 11.2. The van der Waals surface area contributed by atoms with Gasteiger partial charge in [-0.25, -0.2) is 9.78 Å². The van der Waals surface area contributed by atoms with Gasteiger partial charge in [0.1, 0.15) is 11.5 Å². The quantitative estimate of drug-likeness (QED) is 0.556. The number of nitrogens with one attached hydrogen (secondary N) is 1. The van der Waals surface area contributed by atoms with Crippen molar-refractivity contribution in [1.82, 2.24) is 14.9 Å². The zero-order valence-corrected chi connectivity index (χ0v) is 8.45. The fourth-order valence-corrected chi connectivity index (χ4v) is 1.16. The van der Waals surface area contributed by atoms with Crippen molar-refractivity contribution in [3.63, 3.8) is 0 Å². The van der Waals surface area contributed by atoms with Crippen LogP contribution in [0.5, 0.6) is 0 Å². The summed E-state index contributed by atoms with van der Waals surface area (Å²) in [5.74, 6) is -0.248. The molecule has 8 heteroatoms. The van der Waals surface area contributed by atoms with Gasteiger partial charge >= 0.3 is 6.03 Å². The molecule has 0 atom stereocenters. The van der Waals surface area contributed by atoms with Crippen LogP contribution in [0.25, 0.3) is 0 Å². The Kier molecular flexibility index (Phi) is 3.34. The van der Waals surface area contributed by atoms with E-state index in [1.54, 1.807) is 0 Å². The van der Waals surface area contributed by atoms with Gasteiger partial charge in [0.15, 0.2) is 5.82 Å². The van der Waals surface area contributed by atoms with Crippen molar-refractivity contribution in [1.29, 1.82) is 0 Å². The zero-order chi connectivity index (χ0) is 11.4. The zero-order valence-electron chi connectivity index (χ0n) is 7.64. The van der Waals surface area contributed by atoms with Crippen LogP contribution < -0.4 is 16.8 Å². The van der Waals surface area contributed by atoms with Gasteiger partial charge in [-0.15, -0.1) is 0 Å². The summed E-state index contributed by atoms with van der Waals surface area (Å²) >= 11 is 4.72. The molecule has 7 nitrogen and oxygen atoms in total. The number of thiocarbonyl (C=S) groups is 1. The Labute approximate surface area is 90.4 Å². The van der Waals surface area contributed by atoms with Gasteiger partial charge in [-0.3, -0.25) is 10.1 Å². The molecular weight excluding hydrogens is 218 g/mol. The summed E-state index contributed by atoms with van der Waals surface area (Å²) in [6.07, 6.45) is 2.97. The molecule has 1 aromatic heterocycles. The van der Waals surface area contributed by atoms with E-state index in [2.05, 4.69) is 4.98 Å². The molecule has 0 radical (unpaired) electrons. The molecule has 5 N–H and O–H groups in total. The Morgan fingerprint density at radius 2 is 2.20 bits per heavy atom. The summed E-state index contributed by atoms with van der Waals surface area (Å²) in [6, 6.07) is -0.906. The lowest BCUT2D eigenvalue weighted by Crippen LogP contribution is -2.37. The number of aromatic nitrogens is 2. The van der Waals surface area contributed by atoms with E-state index in [4.69, 9.17) is 23.7 Å². The number of imide groups is 1. The van der Waals surface area contributed by atoms with Gasteiger partial charge in [0, 0.05) is 12.4 Å². The minimum atomic E-state index is -0.906. The predicted molar refractivity (Wildman–Crippen MR) is 55.8 cm³/mol. The van der Waals surface area contributed by atoms with Gasteiger partial charge < -0.3 is 16.0 Å². The minimum absolute atomic E-state index is 0.0758. The van der Waals surface area contributed by atoms with Crippen LogP contribution in [0, 0.1) is 0 Å². The minimum Gasteiger partial charge on any atom is -0.387 e. The Morgan fingerprint density at radius 1 is 1.53 bits per heavy atom. The van der Waals surface area contributed by atoms with Crippen LogP contribution in [-0.2, 0) is 11.3 Å². The molecule has 15 heavy (non-hydrogen) atoms. The number of hydrogen-bond donors (Lipinski definition) is 3. The van der Waals surface area contributed by atoms with Crippen LogP contribution in [0.2, 0.25) is 0 Å². The van der Waals surface area contributed by atoms with Crippen LogP contribution >= 0.6 is 12.2 Å². The van der Waals surface area contributed by atoms with Crippen LogP contribution in [0.1, 0.15) is 5.82 Å². The number of urea groups is 1. The molecule has 80 valence electrons. The molecule has 0 saturated heterocycles. The summed E-state index contributed by atoms with van der Waals surface area (Å²) in [5, 5.41) is 1.91. The number of nitrogens with zero attached hydrogens (tertiary/aromatic N) is 2. The monoisotopic (exact) mass is 227 g/mol. The summed E-state index contributed by atoms with van der Waals surface area (Å²) in [6.45, 7) is -0.115. The molecule has 0 saturated carbocycles. The highest BCUT2D eigenvalue weighted by Crippen LogP contribution is 1.96. The normalized spacial score (nSPS) is 9.60. The molecule has 0 aliphatic rings. The maximum Gasteiger partial charge on any atom is 0.318 e. The molecule has 0 aliphatic carbocycles. The third kappa shape index (κ3) is 3.02. The number of imidazole rings is 1. The van der Waals surface area contributed by atoms with Crippen molar-refractivity contribution in [3.8, 4) is 0 Å². The summed E-state index contributed by atoms with van der Waals surface area (Å²) < 4.78 is 1.42. The van der Waals surface area contributed by atoms with E-state index < -0.39 is 11.9 Å². The van der Waals surface area contributed by atoms with Gasteiger partial charge in [-0.05, 0) is 0 Å². The van der Waals surface area contributed by atoms with Crippen molar-refractivity contribution < 1.29 is 9.59 Å². The highest BCUT2D eigenvalue weighted by atomic mass is 32.1. The number of primary amides is 1. The van der Waals surface area contributed by atoms with E-state index in [0.29, 0.717) is 5.82 Å². The van der Waals surface area contributed by atoms with E-state index in [9.17, 15) is 9.59 Å². The Balaban J connectivity index is 2.72. The summed E-state index contributed by atoms with van der Waals surface area (Å²) in [7, 11) is 0. The molecule has 1 heterocycles. The van der Waals surface area contributed by atoms with E-state index >= 15 is 0 Å². The third-order valence-corrected chi connectivity index (χ3v) is 1.70. The first-order valence-corrected chi connectivity index (χ1v) is 4.31. The predicted octanol–water partition coefficient (Wildman–Crippen LogP) is -1.29. The molecule has 0 bridgehead atoms. The van der Waals surface area contributed by atoms with Crippen LogP contribution in [0.15, 0.2) is 12.4 Å². The molecule has 0 spiro atoms. The van der Waals surface area contributed by atoms with Gasteiger partial charge in [0.05, 0.1) is 0 Å². The van der Waals surface area contributed by atoms with Crippen molar-refractivity contribution in [2.75, 3.05) is 0 Å². The van der Waals surface area contributed by atoms with Crippen LogP contribution in [0.3, 0.4) is 0 Å². The topological polar surface area (TPSA) is 116 Å². The molecule has 0 aliphatic heterocycles. The molecular formula is C7H9N5O2S. The number of carbonyl (C=O) groups excluding carboxylic acids is 2. The van der Waals surface area contributed by atoms with Crippen molar-refractivity contribution in [3.05, 3.63) is 18.2 Å². The number of nitrogens with two attached hydrogens (primary N) is 2. The Hall–Kier alpha value is -1.96. The van der Waals surface area contributed by atoms with E-state index in [1.807, 2.05) is 5.32 Å². The molecule has 1 rings (SSSR count). The lowest BCUT2D eigenvalue weighted by Gasteiger charge is -2.05. The number of carbonyl (C=O) groups is 2. The second-order valence-corrected chi connectivity index (χ2v) is 3.10. The number of hydrogen-bond acceptors (Lipinski definition) is 4. The van der Waals surface area contributed by atoms with Crippen molar-refractivity contribution >= 4 is 29.1 Å². The lowest BCUT2D eigenvalue weighted by atomic mass is 10.5. The third-order valence-electron chi connectivity index (χ3n) is 1.51. The van der Waals surface area contributed by atoms with Crippen molar-refractivity contribution in [2.45, 2.75) is 6.54 Å². The Bertz CT molecular complexity index is 413. The van der Waals surface area contributed by atoms with Crippen LogP contribution in [-0.4, -0.2) is 26.5 Å². The lowest BCUT2D eigenvalue weighted by molar-refractivity contribution is -0.120. The van der Waals surface area contributed by atoms with Gasteiger partial charge in [0.2, 0.25) is 5.91 Å². The second kappa shape index (κ2) is 4.51. The fraction of sp³-hybridized carbons (Fsp3) is 0.143. The highest BCUT2D eigenvalue weighted by molar-refractivity contribution is 7.80. The van der Waals surface area contributed by atoms with Crippen molar-refractivity contribution in [2.24, 2.45) is 11.5 Å². The standard InChI is InChI=1S/C7H9N5O2S/c8-5(15)6-10-1-2-12(6)3-4(13)11-7(9)14/h1-2H,3H2,(H2,8,15)(H3,9,11,13,14). The van der Waals surface area contributed by atoms with E-state index in [-0.39, 0.29) is 11.5 Å². The molecule has 0 aromatic carbocycles. The van der Waals surface area contributed by atoms with Gasteiger partial charge in [-0.1, -0.05) is 12.2 Å². The molecule has 0 unspecified atom stereocenters. The maximum atomic E-state index is 11.2. The van der Waals surface area contributed by atoms with E-state index in [1.165, 1.54) is 17.0 Å². The molecule has 3 amide bonds. The average Bonchev–Trinajstić information content (AvgIpc) is 2.50. The first-order valence-electron chi connectivity index (χ1n) is 3.91. The summed E-state index contributed by atoms with van der Waals surface area (Å²) in [4.78, 5) is 25.4. The van der Waals surface area contributed by atoms with Gasteiger partial charge in [-0.2, -0.15) is 0 Å².